The molecule has 0 aliphatic heterocycles. The van der Waals surface area contributed by atoms with Crippen LogP contribution in [0.2, 0.25) is 0 Å². The molecule has 0 saturated heterocycles. The number of methoxy groups -OCH3 is 1. The highest BCUT2D eigenvalue weighted by molar-refractivity contribution is 8.00. The third kappa shape index (κ3) is 5.23. The molecule has 4 rings (SSSR count). The summed E-state index contributed by atoms with van der Waals surface area (Å²) < 4.78 is 20.7. The molecule has 1 unspecified atom stereocenters. The first-order chi connectivity index (χ1) is 16.1. The Kier molecular flexibility index (Phi) is 7.04. The molecule has 1 N–H and O–H groups in total. The first kappa shape index (κ1) is 22.5. The van der Waals surface area contributed by atoms with E-state index in [1.54, 1.807) is 19.2 Å². The second-order valence-corrected chi connectivity index (χ2v) is 8.58. The molecular weight excluding hydrogens is 439 g/mol. The summed E-state index contributed by atoms with van der Waals surface area (Å²) in [6.07, 6.45) is 0. The maximum atomic E-state index is 13.5. The molecule has 0 spiro atoms. The van der Waals surface area contributed by atoms with Crippen molar-refractivity contribution >= 4 is 17.7 Å². The fraction of sp³-hybridized carbons (Fsp3) is 0.160. The third-order valence-corrected chi connectivity index (χ3v) is 6.09. The molecule has 33 heavy (non-hydrogen) atoms. The van der Waals surface area contributed by atoms with Gasteiger partial charge in [-0.25, -0.2) is 4.39 Å². The van der Waals surface area contributed by atoms with Crippen LogP contribution in [0, 0.1) is 5.82 Å². The average Bonchev–Trinajstić information content (AvgIpc) is 3.27. The molecule has 0 aliphatic rings. The highest BCUT2D eigenvalue weighted by atomic mass is 32.2. The first-order valence-corrected chi connectivity index (χ1v) is 11.3. The monoisotopic (exact) mass is 462 g/mol. The molecule has 8 heteroatoms. The molecule has 0 aliphatic carbocycles. The lowest BCUT2D eigenvalue weighted by Crippen LogP contribution is -2.30. The van der Waals surface area contributed by atoms with E-state index in [4.69, 9.17) is 4.74 Å². The summed E-state index contributed by atoms with van der Waals surface area (Å²) >= 11 is 1.29. The Morgan fingerprint density at radius 3 is 2.45 bits per heavy atom. The lowest BCUT2D eigenvalue weighted by molar-refractivity contribution is -0.120. The normalized spacial score (nSPS) is 11.7. The highest BCUT2D eigenvalue weighted by Gasteiger charge is 2.22. The number of para-hydroxylation sites is 1. The molecule has 0 bridgehead atoms. The van der Waals surface area contributed by atoms with Crippen molar-refractivity contribution in [2.24, 2.45) is 0 Å². The molecule has 1 amide bonds. The van der Waals surface area contributed by atoms with E-state index >= 15 is 0 Å². The van der Waals surface area contributed by atoms with Crippen molar-refractivity contribution in [1.82, 2.24) is 20.1 Å². The van der Waals surface area contributed by atoms with Crippen LogP contribution in [-0.2, 0) is 11.3 Å². The van der Waals surface area contributed by atoms with Crippen LogP contribution in [0.15, 0.2) is 84.0 Å². The van der Waals surface area contributed by atoms with Crippen molar-refractivity contribution in [2.45, 2.75) is 23.9 Å². The summed E-state index contributed by atoms with van der Waals surface area (Å²) in [5, 5.41) is 11.8. The van der Waals surface area contributed by atoms with E-state index in [1.165, 1.54) is 23.9 Å². The minimum absolute atomic E-state index is 0.138. The van der Waals surface area contributed by atoms with Crippen LogP contribution in [-0.4, -0.2) is 33.0 Å². The van der Waals surface area contributed by atoms with Gasteiger partial charge in [-0.3, -0.25) is 9.36 Å². The van der Waals surface area contributed by atoms with Crippen LogP contribution in [0.1, 0.15) is 12.5 Å². The largest absolute Gasteiger partial charge is 0.496 e. The zero-order valence-electron chi connectivity index (χ0n) is 18.2. The van der Waals surface area contributed by atoms with Crippen molar-refractivity contribution in [2.75, 3.05) is 7.11 Å². The number of hydrogen-bond acceptors (Lipinski definition) is 5. The van der Waals surface area contributed by atoms with Gasteiger partial charge in [-0.05, 0) is 37.3 Å². The van der Waals surface area contributed by atoms with Crippen LogP contribution < -0.4 is 10.1 Å². The van der Waals surface area contributed by atoms with Crippen LogP contribution in [0.25, 0.3) is 17.1 Å². The maximum absolute atomic E-state index is 13.5. The van der Waals surface area contributed by atoms with Crippen LogP contribution in [0.5, 0.6) is 5.75 Å². The summed E-state index contributed by atoms with van der Waals surface area (Å²) in [7, 11) is 1.60. The van der Waals surface area contributed by atoms with Crippen molar-refractivity contribution in [1.29, 1.82) is 0 Å². The van der Waals surface area contributed by atoms with Gasteiger partial charge < -0.3 is 10.1 Å². The van der Waals surface area contributed by atoms with Crippen molar-refractivity contribution in [3.05, 3.63) is 90.2 Å². The fourth-order valence-electron chi connectivity index (χ4n) is 3.33. The van der Waals surface area contributed by atoms with E-state index in [0.717, 1.165) is 16.9 Å². The Morgan fingerprint density at radius 1 is 1.03 bits per heavy atom. The summed E-state index contributed by atoms with van der Waals surface area (Å²) in [5.41, 5.74) is 2.48. The van der Waals surface area contributed by atoms with Gasteiger partial charge in [-0.15, -0.1) is 10.2 Å². The van der Waals surface area contributed by atoms with Gasteiger partial charge in [0.2, 0.25) is 5.91 Å². The smallest absolute Gasteiger partial charge is 0.233 e. The maximum Gasteiger partial charge on any atom is 0.233 e. The molecule has 1 heterocycles. The number of thioether (sulfide) groups is 1. The first-order valence-electron chi connectivity index (χ1n) is 10.4. The molecular formula is C25H23FN4O2S. The summed E-state index contributed by atoms with van der Waals surface area (Å²) in [4.78, 5) is 12.8. The van der Waals surface area contributed by atoms with Gasteiger partial charge in [0.15, 0.2) is 11.0 Å². The van der Waals surface area contributed by atoms with E-state index in [2.05, 4.69) is 15.5 Å². The number of nitrogens with one attached hydrogen (secondary N) is 1. The van der Waals surface area contributed by atoms with Crippen molar-refractivity contribution in [3.63, 3.8) is 0 Å². The van der Waals surface area contributed by atoms with Gasteiger partial charge in [0.05, 0.1) is 12.4 Å². The highest BCUT2D eigenvalue weighted by Crippen LogP contribution is 2.30. The Balaban J connectivity index is 1.56. The van der Waals surface area contributed by atoms with E-state index < -0.39 is 5.25 Å². The van der Waals surface area contributed by atoms with Gasteiger partial charge in [0.1, 0.15) is 11.6 Å². The summed E-state index contributed by atoms with van der Waals surface area (Å²) in [6, 6.07) is 23.3. The molecule has 4 aromatic rings. The molecule has 0 fully saturated rings. The van der Waals surface area contributed by atoms with E-state index in [-0.39, 0.29) is 11.7 Å². The van der Waals surface area contributed by atoms with Crippen molar-refractivity contribution in [3.8, 4) is 22.8 Å². The Labute approximate surface area is 195 Å². The fourth-order valence-corrected chi connectivity index (χ4v) is 4.22. The molecule has 1 aromatic heterocycles. The Morgan fingerprint density at radius 2 is 1.73 bits per heavy atom. The van der Waals surface area contributed by atoms with E-state index in [0.29, 0.717) is 23.2 Å². The molecule has 1 atom stereocenters. The number of nitrogens with zero attached hydrogens (tertiary/aromatic N) is 3. The van der Waals surface area contributed by atoms with Gasteiger partial charge in [-0.1, -0.05) is 60.3 Å². The zero-order chi connectivity index (χ0) is 23.2. The molecule has 6 nitrogen and oxygen atoms in total. The lowest BCUT2D eigenvalue weighted by Gasteiger charge is -2.15. The van der Waals surface area contributed by atoms with E-state index in [9.17, 15) is 9.18 Å². The minimum atomic E-state index is -0.438. The number of aromatic nitrogens is 3. The van der Waals surface area contributed by atoms with Crippen LogP contribution >= 0.6 is 11.8 Å². The molecule has 168 valence electrons. The number of rotatable bonds is 8. The Bertz CT molecular complexity index is 1230. The number of carbonyl (C=O) groups excluding carboxylic acids is 1. The average molecular weight is 463 g/mol. The third-order valence-electron chi connectivity index (χ3n) is 5.05. The van der Waals surface area contributed by atoms with Crippen molar-refractivity contribution < 1.29 is 13.9 Å². The van der Waals surface area contributed by atoms with E-state index in [1.807, 2.05) is 66.1 Å². The van der Waals surface area contributed by atoms with Gasteiger partial charge in [-0.2, -0.15) is 0 Å². The standard InChI is InChI=1S/C25H23FN4O2S/c1-17(24(31)27-16-19-10-6-7-11-22(19)32-2)33-25-29-28-23(18-8-4-3-5-9-18)30(25)21-14-12-20(26)13-15-21/h3-15,17H,16H2,1-2H3,(H,27,31). The minimum Gasteiger partial charge on any atom is -0.496 e. The van der Waals surface area contributed by atoms with Crippen LogP contribution in [0.3, 0.4) is 0 Å². The quantitative estimate of drug-likeness (QED) is 0.378. The van der Waals surface area contributed by atoms with Crippen LogP contribution in [0.4, 0.5) is 4.39 Å². The van der Waals surface area contributed by atoms with Gasteiger partial charge in [0.25, 0.3) is 0 Å². The van der Waals surface area contributed by atoms with Gasteiger partial charge in [0, 0.05) is 23.4 Å². The van der Waals surface area contributed by atoms with Gasteiger partial charge >= 0.3 is 0 Å². The number of ether oxygens (including phenoxy) is 1. The zero-order valence-corrected chi connectivity index (χ0v) is 19.1. The number of carbonyl (C=O) groups is 1. The number of halogens is 1. The topological polar surface area (TPSA) is 69.0 Å². The summed E-state index contributed by atoms with van der Waals surface area (Å²) in [5.74, 6) is 0.875. The number of amides is 1. The lowest BCUT2D eigenvalue weighted by atomic mass is 10.2. The second kappa shape index (κ2) is 10.3. The molecule has 0 saturated carbocycles. The molecule has 0 radical (unpaired) electrons. The predicted molar refractivity (Wildman–Crippen MR) is 127 cm³/mol. The number of hydrogen-bond donors (Lipinski definition) is 1. The SMILES string of the molecule is COc1ccccc1CNC(=O)C(C)Sc1nnc(-c2ccccc2)n1-c1ccc(F)cc1. The summed E-state index contributed by atoms with van der Waals surface area (Å²) in [6.45, 7) is 2.17. The second-order valence-electron chi connectivity index (χ2n) is 7.27. The predicted octanol–water partition coefficient (Wildman–Crippen LogP) is 4.88. The number of benzene rings is 3. The Hall–Kier alpha value is -3.65. The molecule has 3 aromatic carbocycles.